The zero-order valence-corrected chi connectivity index (χ0v) is 25.0. The molecule has 40 heavy (non-hydrogen) atoms. The number of benzene rings is 2. The molecule has 3 aliphatic heterocycles. The number of carbonyl (C=O) groups excluding carboxylic acids is 3. The minimum atomic E-state index is -0.884. The summed E-state index contributed by atoms with van der Waals surface area (Å²) >= 11 is 11.9. The van der Waals surface area contributed by atoms with Crippen molar-refractivity contribution >= 4 is 68.4 Å². The van der Waals surface area contributed by atoms with Gasteiger partial charge in [0.05, 0.1) is 33.9 Å². The van der Waals surface area contributed by atoms with Crippen LogP contribution in [0.2, 0.25) is 5.02 Å². The van der Waals surface area contributed by atoms with Gasteiger partial charge in [-0.3, -0.25) is 14.4 Å². The van der Waals surface area contributed by atoms with Crippen molar-refractivity contribution < 1.29 is 19.5 Å². The smallest absolute Gasteiger partial charge is 0.251 e. The number of β-amino-alcohol motifs (C(OH)–C–C–N with tert-alkyl or cyclic N) is 1. The van der Waals surface area contributed by atoms with E-state index in [0.717, 1.165) is 5.69 Å². The van der Waals surface area contributed by atoms with Crippen molar-refractivity contribution in [2.75, 3.05) is 36.0 Å². The van der Waals surface area contributed by atoms with Gasteiger partial charge in [0.2, 0.25) is 11.8 Å². The Bertz CT molecular complexity index is 1330. The monoisotopic (exact) mass is 643 g/mol. The normalized spacial score (nSPS) is 28.3. The van der Waals surface area contributed by atoms with E-state index in [1.165, 1.54) is 4.90 Å². The molecule has 3 fully saturated rings. The van der Waals surface area contributed by atoms with E-state index in [0.29, 0.717) is 23.7 Å². The summed E-state index contributed by atoms with van der Waals surface area (Å²) in [6.45, 7) is 7.85. The SMILES string of the molecule is C=CCN(C(=O)[C@H]1[C@H]2C(=O)N(CCO)C(C(=O)N(CC=C)c3ccccc3Cl)C23CC(Br)[C@@H]1S3)c1ccccc1. The summed E-state index contributed by atoms with van der Waals surface area (Å²) in [5.74, 6) is -2.10. The predicted octanol–water partition coefficient (Wildman–Crippen LogP) is 4.54. The second kappa shape index (κ2) is 11.7. The van der Waals surface area contributed by atoms with Gasteiger partial charge in [-0.25, -0.2) is 0 Å². The topological polar surface area (TPSA) is 81.2 Å². The lowest BCUT2D eigenvalue weighted by atomic mass is 9.70. The van der Waals surface area contributed by atoms with Gasteiger partial charge in [-0.1, -0.05) is 70.0 Å². The number of nitrogens with zero attached hydrogens (tertiary/aromatic N) is 3. The average Bonchev–Trinajstić information content (AvgIpc) is 3.54. The summed E-state index contributed by atoms with van der Waals surface area (Å²) in [4.78, 5) is 47.6. The van der Waals surface area contributed by atoms with Gasteiger partial charge in [-0.05, 0) is 30.7 Å². The van der Waals surface area contributed by atoms with Crippen LogP contribution in [-0.4, -0.2) is 74.8 Å². The lowest BCUT2D eigenvalue weighted by Gasteiger charge is -2.38. The van der Waals surface area contributed by atoms with Crippen molar-refractivity contribution in [3.05, 3.63) is 84.9 Å². The van der Waals surface area contributed by atoms with Gasteiger partial charge in [0.25, 0.3) is 5.91 Å². The Balaban J connectivity index is 1.58. The quantitative estimate of drug-likeness (QED) is 0.304. The molecular weight excluding hydrogens is 614 g/mol. The van der Waals surface area contributed by atoms with E-state index in [1.807, 2.05) is 30.3 Å². The molecule has 2 bridgehead atoms. The number of alkyl halides is 1. The number of hydrogen-bond donors (Lipinski definition) is 1. The molecule has 210 valence electrons. The zero-order chi connectivity index (χ0) is 28.6. The van der Waals surface area contributed by atoms with Crippen molar-refractivity contribution in [2.45, 2.75) is 27.3 Å². The van der Waals surface area contributed by atoms with Crippen molar-refractivity contribution in [1.29, 1.82) is 0 Å². The van der Waals surface area contributed by atoms with Crippen LogP contribution >= 0.6 is 39.3 Å². The number of anilines is 2. The second-order valence-electron chi connectivity index (χ2n) is 10.2. The second-order valence-corrected chi connectivity index (χ2v) is 13.3. The van der Waals surface area contributed by atoms with Crippen LogP contribution in [0.5, 0.6) is 0 Å². The van der Waals surface area contributed by atoms with Crippen LogP contribution in [0.25, 0.3) is 0 Å². The number of likely N-dealkylation sites (tertiary alicyclic amines) is 1. The number of hydrogen-bond acceptors (Lipinski definition) is 5. The van der Waals surface area contributed by atoms with E-state index in [9.17, 15) is 19.5 Å². The number of para-hydroxylation sites is 2. The fourth-order valence-corrected chi connectivity index (χ4v) is 10.4. The van der Waals surface area contributed by atoms with E-state index in [2.05, 4.69) is 29.1 Å². The molecule has 1 spiro atoms. The fraction of sp³-hybridized carbons (Fsp3) is 0.367. The number of aliphatic hydroxyl groups is 1. The van der Waals surface area contributed by atoms with E-state index >= 15 is 0 Å². The summed E-state index contributed by atoms with van der Waals surface area (Å²) in [5.41, 5.74) is 1.24. The third-order valence-electron chi connectivity index (χ3n) is 8.02. The zero-order valence-electron chi connectivity index (χ0n) is 21.9. The summed E-state index contributed by atoms with van der Waals surface area (Å²) < 4.78 is -0.848. The largest absolute Gasteiger partial charge is 0.395 e. The lowest BCUT2D eigenvalue weighted by molar-refractivity contribution is -0.139. The molecule has 3 heterocycles. The minimum Gasteiger partial charge on any atom is -0.395 e. The highest BCUT2D eigenvalue weighted by Gasteiger charge is 2.76. The number of carbonyl (C=O) groups is 3. The van der Waals surface area contributed by atoms with Crippen LogP contribution in [0.1, 0.15) is 6.42 Å². The van der Waals surface area contributed by atoms with Gasteiger partial charge in [-0.2, -0.15) is 0 Å². The maximum Gasteiger partial charge on any atom is 0.251 e. The average molecular weight is 645 g/mol. The molecule has 10 heteroatoms. The van der Waals surface area contributed by atoms with E-state index in [4.69, 9.17) is 11.6 Å². The molecule has 3 aliphatic rings. The van der Waals surface area contributed by atoms with Gasteiger partial charge in [0.15, 0.2) is 0 Å². The highest BCUT2D eigenvalue weighted by atomic mass is 79.9. The first kappa shape index (κ1) is 28.9. The summed E-state index contributed by atoms with van der Waals surface area (Å²) in [7, 11) is 0. The maximum absolute atomic E-state index is 14.5. The molecule has 3 saturated heterocycles. The number of rotatable bonds is 10. The Kier molecular flexibility index (Phi) is 8.47. The molecule has 0 radical (unpaired) electrons. The van der Waals surface area contributed by atoms with Crippen molar-refractivity contribution in [3.8, 4) is 0 Å². The summed E-state index contributed by atoms with van der Waals surface area (Å²) in [6.07, 6.45) is 3.83. The lowest BCUT2D eigenvalue weighted by Crippen LogP contribution is -2.56. The number of aliphatic hydroxyl groups excluding tert-OH is 1. The van der Waals surface area contributed by atoms with Gasteiger partial charge >= 0.3 is 0 Å². The molecular formula is C30H31BrClN3O4S. The Labute approximate surface area is 252 Å². The van der Waals surface area contributed by atoms with E-state index in [-0.39, 0.29) is 47.5 Å². The number of fused-ring (bicyclic) bond motifs is 1. The van der Waals surface area contributed by atoms with Crippen LogP contribution in [-0.2, 0) is 14.4 Å². The van der Waals surface area contributed by atoms with Crippen LogP contribution in [0.15, 0.2) is 79.9 Å². The first-order valence-corrected chi connectivity index (χ1v) is 15.4. The number of halogens is 2. The van der Waals surface area contributed by atoms with Gasteiger partial charge < -0.3 is 19.8 Å². The first-order valence-electron chi connectivity index (χ1n) is 13.2. The molecule has 7 nitrogen and oxygen atoms in total. The molecule has 2 aromatic rings. The first-order chi connectivity index (χ1) is 19.3. The number of thioether (sulfide) groups is 1. The van der Waals surface area contributed by atoms with Gasteiger partial charge in [0, 0.05) is 35.4 Å². The Morgan fingerprint density at radius 1 is 1.07 bits per heavy atom. The standard InChI is InChI=1S/C30H31BrClN3O4S/c1-3-14-33(19-10-6-5-7-11-19)27(37)23-24-28(38)35(16-17-36)26(30(24)18-20(31)25(23)40-30)29(39)34(15-4-2)22-13-9-8-12-21(22)32/h3-13,20,23-26,36H,1-2,14-18H2/t20?,23-,24-,25-,26?,30?/m0/s1. The molecule has 3 amide bonds. The molecule has 0 aromatic heterocycles. The Hall–Kier alpha value is -2.59. The minimum absolute atomic E-state index is 0.00785. The van der Waals surface area contributed by atoms with Crippen molar-refractivity contribution in [1.82, 2.24) is 4.90 Å². The highest BCUT2D eigenvalue weighted by molar-refractivity contribution is 9.09. The molecule has 1 N–H and O–H groups in total. The van der Waals surface area contributed by atoms with Gasteiger partial charge in [-0.15, -0.1) is 24.9 Å². The summed E-state index contributed by atoms with van der Waals surface area (Å²) in [6, 6.07) is 15.5. The molecule has 6 atom stereocenters. The Morgan fingerprint density at radius 2 is 1.73 bits per heavy atom. The van der Waals surface area contributed by atoms with Gasteiger partial charge in [0.1, 0.15) is 6.04 Å². The predicted molar refractivity (Wildman–Crippen MR) is 164 cm³/mol. The van der Waals surface area contributed by atoms with Crippen molar-refractivity contribution in [3.63, 3.8) is 0 Å². The summed E-state index contributed by atoms with van der Waals surface area (Å²) in [5, 5.41) is 10.2. The maximum atomic E-state index is 14.5. The van der Waals surface area contributed by atoms with Crippen LogP contribution in [0.3, 0.4) is 0 Å². The van der Waals surface area contributed by atoms with E-state index < -0.39 is 22.6 Å². The molecule has 0 aliphatic carbocycles. The third kappa shape index (κ3) is 4.61. The van der Waals surface area contributed by atoms with Crippen LogP contribution in [0, 0.1) is 11.8 Å². The van der Waals surface area contributed by atoms with Crippen LogP contribution in [0.4, 0.5) is 11.4 Å². The fourth-order valence-electron chi connectivity index (χ4n) is 6.53. The number of amides is 3. The highest BCUT2D eigenvalue weighted by Crippen LogP contribution is 2.68. The molecule has 2 aromatic carbocycles. The van der Waals surface area contributed by atoms with Crippen molar-refractivity contribution in [2.24, 2.45) is 11.8 Å². The van der Waals surface area contributed by atoms with E-state index in [1.54, 1.807) is 58.0 Å². The third-order valence-corrected chi connectivity index (χ3v) is 11.6. The molecule has 3 unspecified atom stereocenters. The van der Waals surface area contributed by atoms with Crippen LogP contribution < -0.4 is 9.80 Å². The Morgan fingerprint density at radius 3 is 2.38 bits per heavy atom. The molecule has 0 saturated carbocycles. The molecule has 5 rings (SSSR count).